The summed E-state index contributed by atoms with van der Waals surface area (Å²) in [5.41, 5.74) is -0.0448. The van der Waals surface area contributed by atoms with Gasteiger partial charge in [0.05, 0.1) is 26.1 Å². The second kappa shape index (κ2) is 6.87. The number of hydrogen-bond donors (Lipinski definition) is 1. The molecule has 2 aromatic rings. The Bertz CT molecular complexity index is 844. The molecule has 7 heteroatoms. The van der Waals surface area contributed by atoms with E-state index < -0.39 is 0 Å². The summed E-state index contributed by atoms with van der Waals surface area (Å²) in [7, 11) is 0. The zero-order valence-electron chi connectivity index (χ0n) is 16.4. The molecule has 2 aliphatic heterocycles. The summed E-state index contributed by atoms with van der Waals surface area (Å²) in [6, 6.07) is 0. The highest BCUT2D eigenvalue weighted by Crippen LogP contribution is 2.60. The van der Waals surface area contributed by atoms with Gasteiger partial charge in [-0.2, -0.15) is 0 Å². The van der Waals surface area contributed by atoms with Gasteiger partial charge in [0.25, 0.3) is 0 Å². The van der Waals surface area contributed by atoms with Gasteiger partial charge in [0.2, 0.25) is 0 Å². The fourth-order valence-electron chi connectivity index (χ4n) is 3.25. The van der Waals surface area contributed by atoms with Crippen molar-refractivity contribution >= 4 is 22.7 Å². The fourth-order valence-corrected chi connectivity index (χ4v) is 5.80. The Morgan fingerprint density at radius 1 is 0.963 bits per heavy atom. The summed E-state index contributed by atoms with van der Waals surface area (Å²) in [5, 5.41) is 9.55. The zero-order valence-corrected chi connectivity index (χ0v) is 18.0. The monoisotopic (exact) mass is 410 g/mol. The van der Waals surface area contributed by atoms with E-state index in [1.807, 2.05) is 0 Å². The van der Waals surface area contributed by atoms with Gasteiger partial charge in [-0.15, -0.1) is 22.7 Å². The molecule has 0 spiro atoms. The molecule has 4 rings (SSSR count). The Labute approximate surface area is 167 Å². The van der Waals surface area contributed by atoms with Crippen LogP contribution in [0.5, 0.6) is 23.0 Å². The van der Waals surface area contributed by atoms with Crippen LogP contribution in [0.3, 0.4) is 0 Å². The number of aliphatic hydroxyl groups excluding tert-OH is 1. The molecule has 4 heterocycles. The molecule has 0 saturated carbocycles. The van der Waals surface area contributed by atoms with Crippen molar-refractivity contribution in [2.75, 3.05) is 26.4 Å². The minimum Gasteiger partial charge on any atom is -0.485 e. The second-order valence-electron chi connectivity index (χ2n) is 8.21. The van der Waals surface area contributed by atoms with Crippen LogP contribution >= 0.6 is 22.7 Å². The van der Waals surface area contributed by atoms with E-state index in [0.29, 0.717) is 25.7 Å². The molecule has 1 unspecified atom stereocenters. The van der Waals surface area contributed by atoms with E-state index in [2.05, 4.69) is 34.6 Å². The smallest absolute Gasteiger partial charge is 0.181 e. The number of hydrogen-bond acceptors (Lipinski definition) is 7. The van der Waals surface area contributed by atoms with Gasteiger partial charge in [0.15, 0.2) is 29.1 Å². The van der Waals surface area contributed by atoms with E-state index in [9.17, 15) is 5.11 Å². The van der Waals surface area contributed by atoms with Crippen molar-refractivity contribution in [2.24, 2.45) is 0 Å². The molecule has 0 aliphatic carbocycles. The first-order valence-corrected chi connectivity index (χ1v) is 10.9. The highest BCUT2D eigenvalue weighted by atomic mass is 32.1. The topological polar surface area (TPSA) is 57.2 Å². The second-order valence-corrected chi connectivity index (χ2v) is 10.3. The van der Waals surface area contributed by atoms with Gasteiger partial charge in [-0.05, 0) is 5.92 Å². The Kier molecular flexibility index (Phi) is 4.81. The summed E-state index contributed by atoms with van der Waals surface area (Å²) in [6.45, 7) is 12.3. The molecule has 5 nitrogen and oxygen atoms in total. The largest absolute Gasteiger partial charge is 0.485 e. The van der Waals surface area contributed by atoms with Gasteiger partial charge in [-0.25, -0.2) is 0 Å². The molecule has 2 aliphatic rings. The van der Waals surface area contributed by atoms with Crippen LogP contribution < -0.4 is 18.9 Å². The minimum absolute atomic E-state index is 0.0448. The van der Waals surface area contributed by atoms with Crippen molar-refractivity contribution in [3.63, 3.8) is 0 Å². The van der Waals surface area contributed by atoms with Crippen LogP contribution in [0.15, 0.2) is 0 Å². The lowest BCUT2D eigenvalue weighted by Gasteiger charge is -2.25. The molecule has 0 radical (unpaired) electrons. The van der Waals surface area contributed by atoms with Gasteiger partial charge in [-0.3, -0.25) is 0 Å². The van der Waals surface area contributed by atoms with Crippen molar-refractivity contribution in [2.45, 2.75) is 52.1 Å². The quantitative estimate of drug-likeness (QED) is 0.788. The molecule has 0 aromatic carbocycles. The Balaban J connectivity index is 1.91. The first kappa shape index (κ1) is 18.9. The molecule has 0 amide bonds. The summed E-state index contributed by atoms with van der Waals surface area (Å²) in [4.78, 5) is 4.38. The van der Waals surface area contributed by atoms with Crippen LogP contribution in [0, 0.1) is 0 Å². The highest BCUT2D eigenvalue weighted by molar-refractivity contribution is 7.23. The number of fused-ring (bicyclic) bond motifs is 2. The molecule has 0 fully saturated rings. The average Bonchev–Trinajstić information content (AvgIpc) is 3.19. The van der Waals surface area contributed by atoms with Crippen molar-refractivity contribution in [1.82, 2.24) is 0 Å². The van der Waals surface area contributed by atoms with Crippen LogP contribution in [0.1, 0.15) is 50.3 Å². The lowest BCUT2D eigenvalue weighted by molar-refractivity contribution is 0.0464. The average molecular weight is 411 g/mol. The summed E-state index contributed by atoms with van der Waals surface area (Å²) in [6.07, 6.45) is -0.346. The molecule has 2 aromatic heterocycles. The molecule has 0 saturated heterocycles. The Hall–Kier alpha value is -1.44. The van der Waals surface area contributed by atoms with Crippen molar-refractivity contribution in [3.8, 4) is 32.8 Å². The molecule has 27 heavy (non-hydrogen) atoms. The lowest BCUT2D eigenvalue weighted by atomic mass is 9.94. The van der Waals surface area contributed by atoms with Crippen LogP contribution in [0.4, 0.5) is 0 Å². The Morgan fingerprint density at radius 2 is 1.63 bits per heavy atom. The van der Waals surface area contributed by atoms with Crippen molar-refractivity contribution < 1.29 is 24.1 Å². The number of aliphatic hydroxyl groups is 1. The summed E-state index contributed by atoms with van der Waals surface area (Å²) in [5.74, 6) is 3.53. The van der Waals surface area contributed by atoms with Gasteiger partial charge in [-0.1, -0.05) is 34.6 Å². The number of thiophene rings is 2. The van der Waals surface area contributed by atoms with Gasteiger partial charge >= 0.3 is 0 Å². The number of ether oxygens (including phenoxy) is 4. The molecule has 148 valence electrons. The summed E-state index contributed by atoms with van der Waals surface area (Å²) < 4.78 is 24.2. The molecule has 1 N–H and O–H groups in total. The van der Waals surface area contributed by atoms with E-state index in [4.69, 9.17) is 18.9 Å². The Morgan fingerprint density at radius 3 is 2.26 bits per heavy atom. The first-order valence-electron chi connectivity index (χ1n) is 9.31. The van der Waals surface area contributed by atoms with E-state index in [1.165, 1.54) is 4.88 Å². The van der Waals surface area contributed by atoms with Crippen LogP contribution in [0.25, 0.3) is 9.75 Å². The predicted octanol–water partition coefficient (Wildman–Crippen LogP) is 4.80. The van der Waals surface area contributed by atoms with E-state index in [0.717, 1.165) is 37.6 Å². The minimum atomic E-state index is -0.346. The van der Waals surface area contributed by atoms with E-state index >= 15 is 0 Å². The molecule has 1 atom stereocenters. The van der Waals surface area contributed by atoms with E-state index in [1.54, 1.807) is 22.7 Å². The molecule has 0 bridgehead atoms. The number of rotatable bonds is 3. The van der Waals surface area contributed by atoms with Gasteiger partial charge < -0.3 is 24.1 Å². The van der Waals surface area contributed by atoms with Gasteiger partial charge in [0.1, 0.15) is 19.8 Å². The van der Waals surface area contributed by atoms with Crippen LogP contribution in [0.2, 0.25) is 0 Å². The lowest BCUT2D eigenvalue weighted by Crippen LogP contribution is -2.32. The normalized spacial score (nSPS) is 18.9. The fraction of sp³-hybridized carbons (Fsp3) is 0.600. The van der Waals surface area contributed by atoms with E-state index in [-0.39, 0.29) is 18.1 Å². The third-order valence-electron chi connectivity index (χ3n) is 4.56. The van der Waals surface area contributed by atoms with Crippen molar-refractivity contribution in [3.05, 3.63) is 9.75 Å². The predicted molar refractivity (Wildman–Crippen MR) is 108 cm³/mol. The first-order chi connectivity index (χ1) is 12.8. The molecular formula is C20H26O5S2. The third kappa shape index (κ3) is 3.19. The van der Waals surface area contributed by atoms with Crippen LogP contribution in [-0.2, 0) is 5.41 Å². The standard InChI is InChI=1S/C20H26O5S2/c1-10(2)16-12-14(25-11(8-21)9-24-12)18(26-16)17-13-15(23-7-6-22-13)19(27-17)20(3,4)5/h10-11,21H,6-9H2,1-5H3. The molecular weight excluding hydrogens is 384 g/mol. The van der Waals surface area contributed by atoms with Crippen molar-refractivity contribution in [1.29, 1.82) is 0 Å². The maximum Gasteiger partial charge on any atom is 0.181 e. The van der Waals surface area contributed by atoms with Gasteiger partial charge in [0, 0.05) is 5.41 Å². The third-order valence-corrected chi connectivity index (χ3v) is 7.76. The maximum atomic E-state index is 9.55. The zero-order chi connectivity index (χ0) is 19.3. The van der Waals surface area contributed by atoms with Crippen LogP contribution in [-0.4, -0.2) is 37.6 Å². The maximum absolute atomic E-state index is 9.55. The summed E-state index contributed by atoms with van der Waals surface area (Å²) >= 11 is 3.39. The highest BCUT2D eigenvalue weighted by Gasteiger charge is 2.37. The SMILES string of the molecule is CC(C)c1sc(-c2sc(C(C)(C)C)c3c2OCCO3)c2c1OCC(CO)O2.